The summed E-state index contributed by atoms with van der Waals surface area (Å²) in [5, 5.41) is 44.7. The van der Waals surface area contributed by atoms with Gasteiger partial charge in [-0.15, -0.1) is 0 Å². The number of nitrogens with one attached hydrogen (secondary N) is 3. The summed E-state index contributed by atoms with van der Waals surface area (Å²) in [4.78, 5) is 49.6. The molecule has 0 bridgehead atoms. The van der Waals surface area contributed by atoms with Crippen molar-refractivity contribution < 1.29 is 39.6 Å². The Hall–Kier alpha value is -4.00. The molecule has 0 aliphatic heterocycles. The first-order valence-electron chi connectivity index (χ1n) is 11.5. The normalized spacial score (nSPS) is 14.9. The van der Waals surface area contributed by atoms with E-state index in [1.165, 1.54) is 19.1 Å². The SMILES string of the molecule is CC(O)C(NC(=O)C(CO)NC(=O)C(Cc1ccccc1)NC(=O)C(N)Cc1ccc(O)cc1)C(=O)O. The molecule has 0 spiro atoms. The maximum Gasteiger partial charge on any atom is 0.328 e. The van der Waals surface area contributed by atoms with Gasteiger partial charge in [-0.25, -0.2) is 4.79 Å². The fourth-order valence-corrected chi connectivity index (χ4v) is 3.43. The van der Waals surface area contributed by atoms with Crippen LogP contribution >= 0.6 is 0 Å². The van der Waals surface area contributed by atoms with Gasteiger partial charge in [0.1, 0.15) is 17.8 Å². The monoisotopic (exact) mass is 516 g/mol. The van der Waals surface area contributed by atoms with Gasteiger partial charge in [0.05, 0.1) is 18.8 Å². The van der Waals surface area contributed by atoms with Crippen molar-refractivity contribution in [2.24, 2.45) is 5.73 Å². The largest absolute Gasteiger partial charge is 0.508 e. The van der Waals surface area contributed by atoms with E-state index < -0.39 is 60.6 Å². The van der Waals surface area contributed by atoms with Crippen molar-refractivity contribution in [3.05, 3.63) is 65.7 Å². The lowest BCUT2D eigenvalue weighted by atomic mass is 10.0. The summed E-state index contributed by atoms with van der Waals surface area (Å²) < 4.78 is 0. The zero-order valence-corrected chi connectivity index (χ0v) is 20.2. The van der Waals surface area contributed by atoms with Crippen molar-refractivity contribution in [3.8, 4) is 5.75 Å². The van der Waals surface area contributed by atoms with Crippen molar-refractivity contribution in [2.45, 2.75) is 50.0 Å². The second-order valence-electron chi connectivity index (χ2n) is 8.54. The summed E-state index contributed by atoms with van der Waals surface area (Å²) in [6, 6.07) is 9.45. The molecule has 0 aromatic heterocycles. The number of aromatic hydroxyl groups is 1. The number of carboxylic acids is 1. The maximum atomic E-state index is 13.1. The molecule has 0 aliphatic rings. The first-order valence-corrected chi connectivity index (χ1v) is 11.5. The lowest BCUT2D eigenvalue weighted by molar-refractivity contribution is -0.145. The third kappa shape index (κ3) is 9.18. The van der Waals surface area contributed by atoms with Crippen LogP contribution in [0.2, 0.25) is 0 Å². The van der Waals surface area contributed by atoms with E-state index in [4.69, 9.17) is 10.8 Å². The van der Waals surface area contributed by atoms with Crippen LogP contribution in [0.25, 0.3) is 0 Å². The molecule has 3 amide bonds. The Morgan fingerprint density at radius 2 is 1.35 bits per heavy atom. The Bertz CT molecular complexity index is 1060. The topological polar surface area (TPSA) is 211 Å². The standard InChI is InChI=1S/C25H32N4O8/c1-14(31)21(25(36)37)29-24(35)20(13-30)28-23(34)19(12-15-5-3-2-4-6-15)27-22(33)18(26)11-16-7-9-17(32)10-8-16/h2-10,14,18-21,30-32H,11-13,26H2,1H3,(H,27,33)(H,28,34)(H,29,35)(H,36,37). The van der Waals surface area contributed by atoms with Crippen LogP contribution in [0, 0.1) is 0 Å². The van der Waals surface area contributed by atoms with E-state index in [0.29, 0.717) is 11.1 Å². The van der Waals surface area contributed by atoms with Gasteiger partial charge in [0.2, 0.25) is 17.7 Å². The number of aliphatic carboxylic acids is 1. The van der Waals surface area contributed by atoms with E-state index in [2.05, 4.69) is 16.0 Å². The third-order valence-corrected chi connectivity index (χ3v) is 5.51. The molecule has 5 atom stereocenters. The number of phenolic OH excluding ortho intramolecular Hbond substituents is 1. The fraction of sp³-hybridized carbons (Fsp3) is 0.360. The number of hydrogen-bond acceptors (Lipinski definition) is 8. The summed E-state index contributed by atoms with van der Waals surface area (Å²) in [6.45, 7) is 0.300. The Kier molecular flexibility index (Phi) is 11.0. The Morgan fingerprint density at radius 1 is 0.811 bits per heavy atom. The fourth-order valence-electron chi connectivity index (χ4n) is 3.43. The highest BCUT2D eigenvalue weighted by atomic mass is 16.4. The van der Waals surface area contributed by atoms with E-state index in [0.717, 1.165) is 0 Å². The Morgan fingerprint density at radius 3 is 1.89 bits per heavy atom. The molecule has 2 rings (SSSR count). The predicted molar refractivity (Wildman–Crippen MR) is 132 cm³/mol. The van der Waals surface area contributed by atoms with E-state index >= 15 is 0 Å². The van der Waals surface area contributed by atoms with Gasteiger partial charge in [-0.3, -0.25) is 14.4 Å². The molecule has 0 aliphatic carbocycles. The molecule has 0 fully saturated rings. The van der Waals surface area contributed by atoms with Gasteiger partial charge in [-0.05, 0) is 36.6 Å². The van der Waals surface area contributed by atoms with Gasteiger partial charge >= 0.3 is 5.97 Å². The van der Waals surface area contributed by atoms with E-state index in [1.807, 2.05) is 0 Å². The number of rotatable bonds is 13. The molecule has 0 heterocycles. The quantitative estimate of drug-likeness (QED) is 0.154. The molecule has 12 nitrogen and oxygen atoms in total. The Balaban J connectivity index is 2.14. The van der Waals surface area contributed by atoms with Gasteiger partial charge in [-0.2, -0.15) is 0 Å². The van der Waals surface area contributed by atoms with Gasteiger partial charge in [0, 0.05) is 6.42 Å². The van der Waals surface area contributed by atoms with Crippen LogP contribution in [-0.4, -0.2) is 81.0 Å². The maximum absolute atomic E-state index is 13.1. The molecule has 200 valence electrons. The second-order valence-corrected chi connectivity index (χ2v) is 8.54. The van der Waals surface area contributed by atoms with Crippen molar-refractivity contribution in [1.29, 1.82) is 0 Å². The number of carbonyl (C=O) groups is 4. The molecular formula is C25H32N4O8. The van der Waals surface area contributed by atoms with Crippen molar-refractivity contribution >= 4 is 23.7 Å². The van der Waals surface area contributed by atoms with Crippen LogP contribution in [0.1, 0.15) is 18.1 Å². The van der Waals surface area contributed by atoms with E-state index in [9.17, 15) is 34.5 Å². The lowest BCUT2D eigenvalue weighted by Crippen LogP contribution is -2.59. The zero-order valence-electron chi connectivity index (χ0n) is 20.2. The number of carbonyl (C=O) groups excluding carboxylic acids is 3. The van der Waals surface area contributed by atoms with Crippen LogP contribution < -0.4 is 21.7 Å². The average molecular weight is 517 g/mol. The molecule has 2 aromatic rings. The van der Waals surface area contributed by atoms with Gasteiger partial charge in [-0.1, -0.05) is 42.5 Å². The molecule has 9 N–H and O–H groups in total. The van der Waals surface area contributed by atoms with Gasteiger partial charge in [0.15, 0.2) is 6.04 Å². The highest BCUT2D eigenvalue weighted by Crippen LogP contribution is 2.11. The number of amides is 3. The summed E-state index contributed by atoms with van der Waals surface area (Å²) in [5.74, 6) is -3.92. The predicted octanol–water partition coefficient (Wildman–Crippen LogP) is -1.58. The number of carboxylic acid groups (broad SMARTS) is 1. The molecular weight excluding hydrogens is 484 g/mol. The molecule has 0 radical (unpaired) electrons. The molecule has 2 aromatic carbocycles. The second kappa shape index (κ2) is 13.9. The number of nitrogens with two attached hydrogens (primary N) is 1. The van der Waals surface area contributed by atoms with Crippen LogP contribution in [-0.2, 0) is 32.0 Å². The van der Waals surface area contributed by atoms with Crippen molar-refractivity contribution in [1.82, 2.24) is 16.0 Å². The van der Waals surface area contributed by atoms with Gasteiger partial charge in [0.25, 0.3) is 0 Å². The number of aliphatic hydroxyl groups is 2. The number of benzene rings is 2. The zero-order chi connectivity index (χ0) is 27.5. The van der Waals surface area contributed by atoms with Crippen LogP contribution in [0.4, 0.5) is 0 Å². The van der Waals surface area contributed by atoms with Crippen molar-refractivity contribution in [3.63, 3.8) is 0 Å². The van der Waals surface area contributed by atoms with E-state index in [1.54, 1.807) is 42.5 Å². The molecule has 0 saturated carbocycles. The first-order chi connectivity index (χ1) is 17.5. The molecule has 37 heavy (non-hydrogen) atoms. The third-order valence-electron chi connectivity index (χ3n) is 5.51. The van der Waals surface area contributed by atoms with Crippen molar-refractivity contribution in [2.75, 3.05) is 6.61 Å². The molecule has 5 unspecified atom stereocenters. The smallest absolute Gasteiger partial charge is 0.328 e. The van der Waals surface area contributed by atoms with Crippen LogP contribution in [0.5, 0.6) is 5.75 Å². The first kappa shape index (κ1) is 29.2. The highest BCUT2D eigenvalue weighted by molar-refractivity contribution is 5.94. The summed E-state index contributed by atoms with van der Waals surface area (Å²) in [7, 11) is 0. The highest BCUT2D eigenvalue weighted by Gasteiger charge is 2.31. The minimum atomic E-state index is -1.66. The minimum absolute atomic E-state index is 0.0372. The molecule has 0 saturated heterocycles. The number of phenols is 1. The summed E-state index contributed by atoms with van der Waals surface area (Å²) >= 11 is 0. The number of aliphatic hydroxyl groups excluding tert-OH is 2. The van der Waals surface area contributed by atoms with E-state index in [-0.39, 0.29) is 18.6 Å². The van der Waals surface area contributed by atoms with Gasteiger partial charge < -0.3 is 42.1 Å². The summed E-state index contributed by atoms with van der Waals surface area (Å²) in [5.41, 5.74) is 7.41. The minimum Gasteiger partial charge on any atom is -0.508 e. The lowest BCUT2D eigenvalue weighted by Gasteiger charge is -2.25. The van der Waals surface area contributed by atoms with Crippen LogP contribution in [0.15, 0.2) is 54.6 Å². The average Bonchev–Trinajstić information content (AvgIpc) is 2.86. The summed E-state index contributed by atoms with van der Waals surface area (Å²) in [6.07, 6.45) is -1.27. The van der Waals surface area contributed by atoms with Crippen LogP contribution in [0.3, 0.4) is 0 Å². The number of hydrogen-bond donors (Lipinski definition) is 8. The molecule has 12 heteroatoms. The Labute approximate surface area is 213 Å².